The third-order valence-corrected chi connectivity index (χ3v) is 11.2. The number of hydrogen-bond donors (Lipinski definition) is 0. The molecule has 0 bridgehead atoms. The SMILES string of the molecule is Cc1ccc(-c2c3ccccc3c(-c3ccc4c(c3)C(C)(C)c3ccc5c(sc6cc(C#N)ccc65)c3-4)c3ccccc23)cc1. The first-order valence-corrected chi connectivity index (χ1v) is 16.3. The van der Waals surface area contributed by atoms with E-state index in [1.807, 2.05) is 23.5 Å². The summed E-state index contributed by atoms with van der Waals surface area (Å²) in [5.41, 5.74) is 12.3. The molecule has 0 fully saturated rings. The van der Waals surface area contributed by atoms with E-state index in [2.05, 4.69) is 136 Å². The van der Waals surface area contributed by atoms with Gasteiger partial charge in [0.25, 0.3) is 0 Å². The average molecular weight is 592 g/mol. The van der Waals surface area contributed by atoms with Gasteiger partial charge in [0.05, 0.1) is 11.6 Å². The van der Waals surface area contributed by atoms with Gasteiger partial charge >= 0.3 is 0 Å². The molecule has 1 aliphatic rings. The minimum Gasteiger partial charge on any atom is -0.192 e. The lowest BCUT2D eigenvalue weighted by molar-refractivity contribution is 0.661. The molecule has 1 aromatic heterocycles. The van der Waals surface area contributed by atoms with Crippen molar-refractivity contribution in [1.82, 2.24) is 0 Å². The molecule has 0 atom stereocenters. The molecule has 0 N–H and O–H groups in total. The monoisotopic (exact) mass is 591 g/mol. The van der Waals surface area contributed by atoms with Crippen molar-refractivity contribution in [2.75, 3.05) is 0 Å². The molecule has 0 unspecified atom stereocenters. The average Bonchev–Trinajstić information content (AvgIpc) is 3.55. The van der Waals surface area contributed by atoms with Gasteiger partial charge in [-0.3, -0.25) is 0 Å². The molecule has 0 radical (unpaired) electrons. The van der Waals surface area contributed by atoms with E-state index in [0.29, 0.717) is 5.56 Å². The van der Waals surface area contributed by atoms with Crippen molar-refractivity contribution in [1.29, 1.82) is 5.26 Å². The van der Waals surface area contributed by atoms with E-state index in [-0.39, 0.29) is 5.41 Å². The van der Waals surface area contributed by atoms with Crippen LogP contribution in [0, 0.1) is 18.3 Å². The van der Waals surface area contributed by atoms with Crippen LogP contribution in [-0.4, -0.2) is 0 Å². The van der Waals surface area contributed by atoms with Crippen LogP contribution in [-0.2, 0) is 5.41 Å². The zero-order chi connectivity index (χ0) is 30.4. The molecule has 0 saturated heterocycles. The first kappa shape index (κ1) is 26.2. The quantitative estimate of drug-likeness (QED) is 0.183. The zero-order valence-electron chi connectivity index (χ0n) is 25.4. The Balaban J connectivity index is 1.31. The summed E-state index contributed by atoms with van der Waals surface area (Å²) < 4.78 is 2.49. The van der Waals surface area contributed by atoms with Gasteiger partial charge in [0.2, 0.25) is 0 Å². The number of hydrogen-bond acceptors (Lipinski definition) is 2. The number of fused-ring (bicyclic) bond motifs is 9. The molecular weight excluding hydrogens is 563 g/mol. The van der Waals surface area contributed by atoms with Crippen molar-refractivity contribution >= 4 is 53.1 Å². The molecule has 7 aromatic carbocycles. The van der Waals surface area contributed by atoms with Crippen LogP contribution in [0.1, 0.15) is 36.1 Å². The largest absolute Gasteiger partial charge is 0.192 e. The lowest BCUT2D eigenvalue weighted by atomic mass is 9.80. The van der Waals surface area contributed by atoms with Crippen LogP contribution in [0.25, 0.3) is 75.1 Å². The third-order valence-electron chi connectivity index (χ3n) is 9.97. The molecule has 212 valence electrons. The molecule has 1 nitrogen and oxygen atoms in total. The Morgan fingerprint density at radius 3 is 1.80 bits per heavy atom. The summed E-state index contributed by atoms with van der Waals surface area (Å²) in [6.07, 6.45) is 0. The van der Waals surface area contributed by atoms with Crippen LogP contribution >= 0.6 is 11.3 Å². The minimum atomic E-state index is -0.143. The van der Waals surface area contributed by atoms with Gasteiger partial charge in [-0.15, -0.1) is 11.3 Å². The summed E-state index contributed by atoms with van der Waals surface area (Å²) in [6.45, 7) is 6.88. The first-order valence-electron chi connectivity index (χ1n) is 15.5. The van der Waals surface area contributed by atoms with Crippen molar-refractivity contribution in [2.45, 2.75) is 26.2 Å². The molecule has 0 saturated carbocycles. The molecule has 1 heterocycles. The lowest BCUT2D eigenvalue weighted by Crippen LogP contribution is -2.15. The first-order chi connectivity index (χ1) is 21.9. The molecular formula is C43H29NS. The van der Waals surface area contributed by atoms with E-state index >= 15 is 0 Å². The molecule has 45 heavy (non-hydrogen) atoms. The molecule has 0 spiro atoms. The van der Waals surface area contributed by atoms with Crippen molar-refractivity contribution in [3.63, 3.8) is 0 Å². The fraction of sp³-hybridized carbons (Fsp3) is 0.0930. The van der Waals surface area contributed by atoms with Crippen molar-refractivity contribution in [3.05, 3.63) is 144 Å². The summed E-state index contributed by atoms with van der Waals surface area (Å²) in [4.78, 5) is 0. The van der Waals surface area contributed by atoms with Gasteiger partial charge in [-0.05, 0) is 85.6 Å². The molecule has 0 amide bonds. The van der Waals surface area contributed by atoms with Crippen LogP contribution < -0.4 is 0 Å². The van der Waals surface area contributed by atoms with E-state index in [1.54, 1.807) is 0 Å². The second kappa shape index (κ2) is 9.38. The topological polar surface area (TPSA) is 23.8 Å². The summed E-state index contributed by atoms with van der Waals surface area (Å²) in [6, 6.07) is 46.9. The number of nitrogens with zero attached hydrogens (tertiary/aromatic N) is 1. The molecule has 2 heteroatoms. The summed E-state index contributed by atoms with van der Waals surface area (Å²) in [7, 11) is 0. The second-order valence-electron chi connectivity index (χ2n) is 12.9. The van der Waals surface area contributed by atoms with Gasteiger partial charge in [0.15, 0.2) is 0 Å². The molecule has 0 aliphatic heterocycles. The maximum atomic E-state index is 9.52. The Bertz CT molecular complexity index is 2520. The predicted octanol–water partition coefficient (Wildman–Crippen LogP) is 12.2. The highest BCUT2D eigenvalue weighted by Crippen LogP contribution is 2.55. The van der Waals surface area contributed by atoms with Gasteiger partial charge < -0.3 is 0 Å². The normalized spacial score (nSPS) is 13.4. The van der Waals surface area contributed by atoms with Crippen molar-refractivity contribution < 1.29 is 0 Å². The fourth-order valence-electron chi connectivity index (χ4n) is 7.75. The van der Waals surface area contributed by atoms with Gasteiger partial charge in [0.1, 0.15) is 0 Å². The highest BCUT2D eigenvalue weighted by Gasteiger charge is 2.37. The van der Waals surface area contributed by atoms with Crippen LogP contribution in [0.5, 0.6) is 0 Å². The fourth-order valence-corrected chi connectivity index (χ4v) is 9.05. The predicted molar refractivity (Wildman–Crippen MR) is 192 cm³/mol. The molecule has 1 aliphatic carbocycles. The van der Waals surface area contributed by atoms with Gasteiger partial charge in [-0.25, -0.2) is 0 Å². The standard InChI is InChI=1S/C43H29NS/c1-25-12-15-27(16-13-25)39-30-8-4-6-10-32(30)40(33-11-7-5-9-31(33)39)28-17-19-35-37(23-28)43(2,3)36-21-20-34-29-18-14-26(24-44)22-38(29)45-42(34)41(35)36/h4-23H,1-3H3. The number of benzene rings is 7. The van der Waals surface area contributed by atoms with Crippen LogP contribution in [0.15, 0.2) is 121 Å². The zero-order valence-corrected chi connectivity index (χ0v) is 26.2. The maximum Gasteiger partial charge on any atom is 0.0992 e. The molecule has 9 rings (SSSR count). The lowest BCUT2D eigenvalue weighted by Gasteiger charge is -2.23. The van der Waals surface area contributed by atoms with E-state index < -0.39 is 0 Å². The second-order valence-corrected chi connectivity index (χ2v) is 13.9. The molecule has 8 aromatic rings. The smallest absolute Gasteiger partial charge is 0.0992 e. The summed E-state index contributed by atoms with van der Waals surface area (Å²) in [5, 5.41) is 17.1. The minimum absolute atomic E-state index is 0.143. The van der Waals surface area contributed by atoms with Crippen molar-refractivity contribution in [2.24, 2.45) is 0 Å². The van der Waals surface area contributed by atoms with E-state index in [0.717, 1.165) is 0 Å². The van der Waals surface area contributed by atoms with Crippen LogP contribution in [0.3, 0.4) is 0 Å². The van der Waals surface area contributed by atoms with Crippen LogP contribution in [0.4, 0.5) is 0 Å². The number of nitriles is 1. The van der Waals surface area contributed by atoms with Gasteiger partial charge in [-0.1, -0.05) is 123 Å². The Morgan fingerprint density at radius 2 is 1.16 bits per heavy atom. The van der Waals surface area contributed by atoms with Crippen molar-refractivity contribution in [3.8, 4) is 39.4 Å². The van der Waals surface area contributed by atoms with E-state index in [1.165, 1.54) is 91.8 Å². The summed E-state index contributed by atoms with van der Waals surface area (Å²) in [5.74, 6) is 0. The maximum absolute atomic E-state index is 9.52. The summed E-state index contributed by atoms with van der Waals surface area (Å²) >= 11 is 1.81. The number of aryl methyl sites for hydroxylation is 1. The van der Waals surface area contributed by atoms with E-state index in [4.69, 9.17) is 0 Å². The van der Waals surface area contributed by atoms with Gasteiger partial charge in [-0.2, -0.15) is 5.26 Å². The third kappa shape index (κ3) is 3.65. The Hall–Kier alpha value is -5.23. The Morgan fingerprint density at radius 1 is 0.556 bits per heavy atom. The Labute approximate surface area is 266 Å². The van der Waals surface area contributed by atoms with E-state index in [9.17, 15) is 5.26 Å². The number of thiophene rings is 1. The van der Waals surface area contributed by atoms with Gasteiger partial charge in [0, 0.05) is 31.2 Å². The Kier molecular flexibility index (Phi) is 5.46. The highest BCUT2D eigenvalue weighted by molar-refractivity contribution is 7.26. The van der Waals surface area contributed by atoms with Crippen LogP contribution in [0.2, 0.25) is 0 Å². The number of rotatable bonds is 2. The highest BCUT2D eigenvalue weighted by atomic mass is 32.1.